The predicted molar refractivity (Wildman–Crippen MR) is 117 cm³/mol. The molecule has 2 amide bonds. The summed E-state index contributed by atoms with van der Waals surface area (Å²) >= 11 is 3.87. The van der Waals surface area contributed by atoms with Crippen LogP contribution in [-0.2, 0) is 0 Å². The summed E-state index contributed by atoms with van der Waals surface area (Å²) in [5, 5.41) is 5.55. The van der Waals surface area contributed by atoms with Crippen molar-refractivity contribution in [1.29, 1.82) is 0 Å². The van der Waals surface area contributed by atoms with Crippen molar-refractivity contribution in [2.24, 2.45) is 5.73 Å². The minimum Gasteiger partial charge on any atom is -0.351 e. The van der Waals surface area contributed by atoms with Gasteiger partial charge in [-0.3, -0.25) is 9.59 Å². The first kappa shape index (κ1) is 21.6. The summed E-state index contributed by atoms with van der Waals surface area (Å²) in [4.78, 5) is 24.8. The van der Waals surface area contributed by atoms with E-state index >= 15 is 0 Å². The van der Waals surface area contributed by atoms with E-state index in [1.165, 1.54) is 17.1 Å². The number of nitrogens with one attached hydrogen (secondary N) is 2. The Morgan fingerprint density at radius 3 is 2.33 bits per heavy atom. The van der Waals surface area contributed by atoms with Gasteiger partial charge >= 0.3 is 0 Å². The molecule has 8 heteroatoms. The van der Waals surface area contributed by atoms with E-state index in [0.717, 1.165) is 0 Å². The normalized spacial score (nSPS) is 13.7. The first-order valence-corrected chi connectivity index (χ1v) is 10.5. The summed E-state index contributed by atoms with van der Waals surface area (Å²) in [6.07, 6.45) is 0. The third kappa shape index (κ3) is 5.65. The summed E-state index contributed by atoms with van der Waals surface area (Å²) in [7, 11) is 0. The van der Waals surface area contributed by atoms with E-state index in [0.29, 0.717) is 34.5 Å². The molecule has 1 heterocycles. The monoisotopic (exact) mass is 423 g/mol. The quantitative estimate of drug-likeness (QED) is 0.661. The maximum absolute atomic E-state index is 12.6. The Hall–Kier alpha value is -1.67. The molecule has 0 atom stereocenters. The second-order valence-corrected chi connectivity index (χ2v) is 8.46. The molecule has 1 aliphatic heterocycles. The molecule has 1 saturated heterocycles. The molecule has 0 saturated carbocycles. The lowest BCUT2D eigenvalue weighted by Crippen LogP contribution is -2.30. The second-order valence-electron chi connectivity index (χ2n) is 5.74. The highest BCUT2D eigenvalue weighted by atomic mass is 35.5. The fourth-order valence-electron chi connectivity index (χ4n) is 2.61. The molecule has 1 fully saturated rings. The molecule has 144 valence electrons. The van der Waals surface area contributed by atoms with E-state index in [1.807, 2.05) is 47.8 Å². The van der Waals surface area contributed by atoms with Crippen molar-refractivity contribution in [1.82, 2.24) is 5.32 Å². The molecule has 0 bridgehead atoms. The van der Waals surface area contributed by atoms with E-state index in [1.54, 1.807) is 24.3 Å². The van der Waals surface area contributed by atoms with E-state index in [2.05, 4.69) is 10.6 Å². The Balaban J connectivity index is 0.00000261. The Kier molecular flexibility index (Phi) is 8.50. The predicted octanol–water partition coefficient (Wildman–Crippen LogP) is 3.53. The van der Waals surface area contributed by atoms with Gasteiger partial charge < -0.3 is 16.4 Å². The molecule has 2 aromatic rings. The van der Waals surface area contributed by atoms with Crippen LogP contribution in [0.2, 0.25) is 0 Å². The smallest absolute Gasteiger partial charge is 0.255 e. The fourth-order valence-corrected chi connectivity index (χ4v) is 5.47. The Labute approximate surface area is 173 Å². The van der Waals surface area contributed by atoms with Crippen LogP contribution in [0.5, 0.6) is 0 Å². The van der Waals surface area contributed by atoms with Crippen LogP contribution in [0.4, 0.5) is 5.69 Å². The van der Waals surface area contributed by atoms with Crippen LogP contribution in [0, 0.1) is 0 Å². The zero-order valence-corrected chi connectivity index (χ0v) is 17.1. The summed E-state index contributed by atoms with van der Waals surface area (Å²) in [6.45, 7) is 0.754. The van der Waals surface area contributed by atoms with Crippen LogP contribution in [0.1, 0.15) is 30.9 Å². The van der Waals surface area contributed by atoms with Gasteiger partial charge in [0.15, 0.2) is 0 Å². The van der Waals surface area contributed by atoms with Gasteiger partial charge in [0.25, 0.3) is 11.8 Å². The van der Waals surface area contributed by atoms with Gasteiger partial charge in [-0.05, 0) is 29.8 Å². The molecule has 0 spiro atoms. The molecule has 0 aliphatic carbocycles. The maximum atomic E-state index is 12.6. The molecule has 0 aromatic heterocycles. The van der Waals surface area contributed by atoms with Gasteiger partial charge in [0.1, 0.15) is 0 Å². The van der Waals surface area contributed by atoms with Gasteiger partial charge in [-0.15, -0.1) is 35.9 Å². The standard InChI is InChI=1S/C19H21N3O2S2.ClH/c20-9-10-21-18(24)15-3-1-2-4-16(15)22-17(23)13-5-7-14(8-6-13)19-25-11-12-26-19;/h1-8,19H,9-12,20H2,(H,21,24)(H,22,23);1H. The number of carbonyl (C=O) groups is 2. The van der Waals surface area contributed by atoms with Crippen LogP contribution >= 0.6 is 35.9 Å². The molecular weight excluding hydrogens is 402 g/mol. The van der Waals surface area contributed by atoms with Gasteiger partial charge in [-0.25, -0.2) is 0 Å². The Bertz CT molecular complexity index is 781. The summed E-state index contributed by atoms with van der Waals surface area (Å²) in [5.41, 5.74) is 8.13. The van der Waals surface area contributed by atoms with Gasteiger partial charge in [0, 0.05) is 30.2 Å². The topological polar surface area (TPSA) is 84.2 Å². The zero-order chi connectivity index (χ0) is 18.4. The average molecular weight is 424 g/mol. The minimum absolute atomic E-state index is 0. The van der Waals surface area contributed by atoms with Crippen molar-refractivity contribution < 1.29 is 9.59 Å². The average Bonchev–Trinajstić information content (AvgIpc) is 3.21. The molecule has 3 rings (SSSR count). The van der Waals surface area contributed by atoms with Crippen LogP contribution in [0.3, 0.4) is 0 Å². The van der Waals surface area contributed by atoms with Crippen molar-refractivity contribution in [3.8, 4) is 0 Å². The van der Waals surface area contributed by atoms with Crippen LogP contribution in [-0.4, -0.2) is 36.4 Å². The van der Waals surface area contributed by atoms with Crippen molar-refractivity contribution in [2.75, 3.05) is 29.9 Å². The van der Waals surface area contributed by atoms with E-state index in [4.69, 9.17) is 5.73 Å². The van der Waals surface area contributed by atoms with Gasteiger partial charge in [-0.2, -0.15) is 0 Å². The number of hydrogen-bond donors (Lipinski definition) is 3. The second kappa shape index (κ2) is 10.6. The van der Waals surface area contributed by atoms with Gasteiger partial charge in [-0.1, -0.05) is 24.3 Å². The third-order valence-electron chi connectivity index (χ3n) is 3.92. The molecule has 1 aliphatic rings. The maximum Gasteiger partial charge on any atom is 0.255 e. The number of halogens is 1. The van der Waals surface area contributed by atoms with Crippen molar-refractivity contribution in [2.45, 2.75) is 4.58 Å². The highest BCUT2D eigenvalue weighted by Gasteiger charge is 2.19. The van der Waals surface area contributed by atoms with Gasteiger partial charge in [0.2, 0.25) is 0 Å². The first-order valence-electron chi connectivity index (χ1n) is 8.41. The highest BCUT2D eigenvalue weighted by Crippen LogP contribution is 2.45. The van der Waals surface area contributed by atoms with E-state index < -0.39 is 0 Å². The number of carbonyl (C=O) groups excluding carboxylic acids is 2. The van der Waals surface area contributed by atoms with Crippen LogP contribution in [0.25, 0.3) is 0 Å². The molecule has 0 unspecified atom stereocenters. The molecule has 5 nitrogen and oxygen atoms in total. The summed E-state index contributed by atoms with van der Waals surface area (Å²) < 4.78 is 0.457. The van der Waals surface area contributed by atoms with Crippen molar-refractivity contribution in [3.05, 3.63) is 65.2 Å². The van der Waals surface area contributed by atoms with Crippen LogP contribution < -0.4 is 16.4 Å². The molecule has 4 N–H and O–H groups in total. The number of amides is 2. The zero-order valence-electron chi connectivity index (χ0n) is 14.6. The first-order chi connectivity index (χ1) is 12.7. The van der Waals surface area contributed by atoms with E-state index in [9.17, 15) is 9.59 Å². The SMILES string of the molecule is Cl.NCCNC(=O)c1ccccc1NC(=O)c1ccc(C2SCCS2)cc1. The fraction of sp³-hybridized carbons (Fsp3) is 0.263. The van der Waals surface area contributed by atoms with E-state index in [-0.39, 0.29) is 24.2 Å². The molecule has 27 heavy (non-hydrogen) atoms. The lowest BCUT2D eigenvalue weighted by atomic mass is 10.1. The number of anilines is 1. The van der Waals surface area contributed by atoms with Gasteiger partial charge in [0.05, 0.1) is 15.8 Å². The number of para-hydroxylation sites is 1. The lowest BCUT2D eigenvalue weighted by Gasteiger charge is -2.12. The number of thioether (sulfide) groups is 2. The summed E-state index contributed by atoms with van der Waals surface area (Å²) in [5.74, 6) is 1.85. The molecular formula is C19H22ClN3O2S2. The number of benzene rings is 2. The third-order valence-corrected chi connectivity index (χ3v) is 7.02. The molecule has 2 aromatic carbocycles. The molecule has 0 radical (unpaired) electrons. The van der Waals surface area contributed by atoms with Crippen molar-refractivity contribution in [3.63, 3.8) is 0 Å². The summed E-state index contributed by atoms with van der Waals surface area (Å²) in [6, 6.07) is 14.6. The van der Waals surface area contributed by atoms with Crippen LogP contribution in [0.15, 0.2) is 48.5 Å². The Morgan fingerprint density at radius 1 is 1.00 bits per heavy atom. The van der Waals surface area contributed by atoms with Crippen molar-refractivity contribution >= 4 is 53.4 Å². The highest BCUT2D eigenvalue weighted by molar-refractivity contribution is 8.19. The minimum atomic E-state index is -0.253. The lowest BCUT2D eigenvalue weighted by molar-refractivity contribution is 0.0955. The number of nitrogens with two attached hydrogens (primary N) is 1. The number of rotatable bonds is 6. The largest absolute Gasteiger partial charge is 0.351 e. The Morgan fingerprint density at radius 2 is 1.67 bits per heavy atom. The number of hydrogen-bond acceptors (Lipinski definition) is 5.